The molecule has 1 saturated carbocycles. The number of nitrogens with two attached hydrogens (primary N) is 1. The van der Waals surface area contributed by atoms with Crippen molar-refractivity contribution in [3.63, 3.8) is 0 Å². The molecule has 1 fully saturated rings. The van der Waals surface area contributed by atoms with Crippen LogP contribution in [0.25, 0.3) is 0 Å². The average Bonchev–Trinajstić information content (AvgIpc) is 2.41. The molecule has 0 heterocycles. The second kappa shape index (κ2) is 6.40. The van der Waals surface area contributed by atoms with Gasteiger partial charge in [0.1, 0.15) is 5.75 Å². The fourth-order valence-corrected chi connectivity index (χ4v) is 2.78. The predicted molar refractivity (Wildman–Crippen MR) is 79.4 cm³/mol. The van der Waals surface area contributed by atoms with Crippen LogP contribution >= 0.6 is 0 Å². The first-order valence-electron chi connectivity index (χ1n) is 7.29. The summed E-state index contributed by atoms with van der Waals surface area (Å²) in [6.45, 7) is 4.85. The highest BCUT2D eigenvalue weighted by Crippen LogP contribution is 2.39. The first kappa shape index (κ1) is 14.4. The standard InChI is InChI=1S/C16H26N2O/c1-3-13-5-6-15(19-2)14(9-13)10-18-12-16(11-17)7-4-8-16/h5-6,9,18H,3-4,7-8,10-12,17H2,1-2H3. The number of nitrogens with one attached hydrogen (secondary N) is 1. The van der Waals surface area contributed by atoms with Crippen LogP contribution < -0.4 is 15.8 Å². The van der Waals surface area contributed by atoms with Gasteiger partial charge in [0.15, 0.2) is 0 Å². The van der Waals surface area contributed by atoms with E-state index in [2.05, 4.69) is 30.4 Å². The van der Waals surface area contributed by atoms with E-state index in [1.165, 1.54) is 30.4 Å². The van der Waals surface area contributed by atoms with E-state index in [0.717, 1.165) is 31.8 Å². The monoisotopic (exact) mass is 262 g/mol. The molecular weight excluding hydrogens is 236 g/mol. The molecule has 0 atom stereocenters. The maximum Gasteiger partial charge on any atom is 0.123 e. The highest BCUT2D eigenvalue weighted by Gasteiger charge is 2.34. The van der Waals surface area contributed by atoms with Crippen LogP contribution in [0.1, 0.15) is 37.3 Å². The molecule has 0 aliphatic heterocycles. The molecule has 0 unspecified atom stereocenters. The van der Waals surface area contributed by atoms with Gasteiger partial charge in [-0.1, -0.05) is 25.5 Å². The van der Waals surface area contributed by atoms with E-state index in [1.807, 2.05) is 0 Å². The van der Waals surface area contributed by atoms with E-state index in [0.29, 0.717) is 5.41 Å². The Morgan fingerprint density at radius 3 is 2.68 bits per heavy atom. The molecule has 3 nitrogen and oxygen atoms in total. The lowest BCUT2D eigenvalue weighted by Crippen LogP contribution is -2.45. The summed E-state index contributed by atoms with van der Waals surface area (Å²) in [4.78, 5) is 0. The lowest BCUT2D eigenvalue weighted by Gasteiger charge is -2.41. The van der Waals surface area contributed by atoms with Gasteiger partial charge in [-0.25, -0.2) is 0 Å². The molecule has 0 spiro atoms. The highest BCUT2D eigenvalue weighted by molar-refractivity contribution is 5.37. The van der Waals surface area contributed by atoms with Crippen LogP contribution in [-0.2, 0) is 13.0 Å². The van der Waals surface area contributed by atoms with E-state index in [-0.39, 0.29) is 0 Å². The molecule has 3 heteroatoms. The molecule has 1 aromatic carbocycles. The smallest absolute Gasteiger partial charge is 0.123 e. The van der Waals surface area contributed by atoms with Gasteiger partial charge in [-0.15, -0.1) is 0 Å². The van der Waals surface area contributed by atoms with Crippen molar-refractivity contribution < 1.29 is 4.74 Å². The van der Waals surface area contributed by atoms with Crippen LogP contribution in [0.3, 0.4) is 0 Å². The number of aryl methyl sites for hydroxylation is 1. The Labute approximate surface area is 116 Å². The SMILES string of the molecule is CCc1ccc(OC)c(CNCC2(CN)CCC2)c1. The first-order chi connectivity index (χ1) is 9.23. The first-order valence-corrected chi connectivity index (χ1v) is 7.29. The van der Waals surface area contributed by atoms with Crippen LogP contribution in [0.15, 0.2) is 18.2 Å². The molecule has 106 valence electrons. The van der Waals surface area contributed by atoms with Crippen molar-refractivity contribution in [2.75, 3.05) is 20.2 Å². The van der Waals surface area contributed by atoms with Gasteiger partial charge < -0.3 is 15.8 Å². The molecule has 0 bridgehead atoms. The molecule has 2 rings (SSSR count). The summed E-state index contributed by atoms with van der Waals surface area (Å²) in [7, 11) is 1.73. The number of ether oxygens (including phenoxy) is 1. The van der Waals surface area contributed by atoms with Gasteiger partial charge in [0.25, 0.3) is 0 Å². The normalized spacial score (nSPS) is 17.0. The van der Waals surface area contributed by atoms with Crippen LogP contribution in [0.4, 0.5) is 0 Å². The zero-order chi connectivity index (χ0) is 13.7. The molecule has 3 N–H and O–H groups in total. The van der Waals surface area contributed by atoms with Gasteiger partial charge in [-0.3, -0.25) is 0 Å². The Balaban J connectivity index is 1.94. The summed E-state index contributed by atoms with van der Waals surface area (Å²) < 4.78 is 5.43. The third-order valence-corrected chi connectivity index (χ3v) is 4.42. The van der Waals surface area contributed by atoms with Gasteiger partial charge in [-0.2, -0.15) is 0 Å². The maximum atomic E-state index is 5.89. The lowest BCUT2D eigenvalue weighted by atomic mass is 9.69. The van der Waals surface area contributed by atoms with E-state index >= 15 is 0 Å². The summed E-state index contributed by atoms with van der Waals surface area (Å²) in [6.07, 6.45) is 4.92. The largest absolute Gasteiger partial charge is 0.496 e. The van der Waals surface area contributed by atoms with Gasteiger partial charge >= 0.3 is 0 Å². The van der Waals surface area contributed by atoms with Crippen molar-refractivity contribution in [1.29, 1.82) is 0 Å². The molecule has 1 aliphatic rings. The minimum absolute atomic E-state index is 0.357. The van der Waals surface area contributed by atoms with Gasteiger partial charge in [0, 0.05) is 18.7 Å². The molecule has 1 aromatic rings. The summed E-state index contributed by atoms with van der Waals surface area (Å²) in [5, 5.41) is 3.56. The third kappa shape index (κ3) is 3.28. The molecule has 0 amide bonds. The van der Waals surface area contributed by atoms with Crippen molar-refractivity contribution in [3.8, 4) is 5.75 Å². The quantitative estimate of drug-likeness (QED) is 0.793. The van der Waals surface area contributed by atoms with Crippen molar-refractivity contribution in [1.82, 2.24) is 5.32 Å². The molecular formula is C16H26N2O. The Hall–Kier alpha value is -1.06. The van der Waals surface area contributed by atoms with Gasteiger partial charge in [0.2, 0.25) is 0 Å². The number of rotatable bonds is 7. The summed E-state index contributed by atoms with van der Waals surface area (Å²) in [6, 6.07) is 6.44. The second-order valence-electron chi connectivity index (χ2n) is 5.66. The van der Waals surface area contributed by atoms with E-state index < -0.39 is 0 Å². The molecule has 19 heavy (non-hydrogen) atoms. The summed E-state index contributed by atoms with van der Waals surface area (Å²) in [5.74, 6) is 0.972. The molecule has 1 aliphatic carbocycles. The van der Waals surface area contributed by atoms with Crippen molar-refractivity contribution in [2.24, 2.45) is 11.1 Å². The fourth-order valence-electron chi connectivity index (χ4n) is 2.78. The third-order valence-electron chi connectivity index (χ3n) is 4.42. The maximum absolute atomic E-state index is 5.89. The minimum atomic E-state index is 0.357. The Bertz CT molecular complexity index is 408. The van der Waals surface area contributed by atoms with E-state index in [4.69, 9.17) is 10.5 Å². The molecule has 0 radical (unpaired) electrons. The Morgan fingerprint density at radius 2 is 2.16 bits per heavy atom. The van der Waals surface area contributed by atoms with E-state index in [9.17, 15) is 0 Å². The van der Waals surface area contributed by atoms with Crippen LogP contribution in [0.2, 0.25) is 0 Å². The van der Waals surface area contributed by atoms with Crippen molar-refractivity contribution >= 4 is 0 Å². The van der Waals surface area contributed by atoms with Crippen molar-refractivity contribution in [3.05, 3.63) is 29.3 Å². The van der Waals surface area contributed by atoms with Crippen LogP contribution in [0, 0.1) is 5.41 Å². The molecule has 0 saturated heterocycles. The number of hydrogen-bond donors (Lipinski definition) is 2. The van der Waals surface area contributed by atoms with Gasteiger partial charge in [-0.05, 0) is 42.9 Å². The minimum Gasteiger partial charge on any atom is -0.496 e. The summed E-state index contributed by atoms with van der Waals surface area (Å²) in [5.41, 5.74) is 8.84. The Morgan fingerprint density at radius 1 is 1.37 bits per heavy atom. The zero-order valence-electron chi connectivity index (χ0n) is 12.2. The number of hydrogen-bond acceptors (Lipinski definition) is 3. The highest BCUT2D eigenvalue weighted by atomic mass is 16.5. The molecule has 0 aromatic heterocycles. The van der Waals surface area contributed by atoms with Crippen LogP contribution in [0.5, 0.6) is 5.75 Å². The van der Waals surface area contributed by atoms with Crippen LogP contribution in [-0.4, -0.2) is 20.2 Å². The summed E-state index contributed by atoms with van der Waals surface area (Å²) >= 11 is 0. The van der Waals surface area contributed by atoms with E-state index in [1.54, 1.807) is 7.11 Å². The fraction of sp³-hybridized carbons (Fsp3) is 0.625. The Kier molecular flexibility index (Phi) is 4.83. The lowest BCUT2D eigenvalue weighted by molar-refractivity contribution is 0.140. The number of benzene rings is 1. The second-order valence-corrected chi connectivity index (χ2v) is 5.66. The number of methoxy groups -OCH3 is 1. The average molecular weight is 262 g/mol. The topological polar surface area (TPSA) is 47.3 Å². The predicted octanol–water partition coefficient (Wildman–Crippen LogP) is 2.48. The van der Waals surface area contributed by atoms with Gasteiger partial charge in [0.05, 0.1) is 7.11 Å². The zero-order valence-corrected chi connectivity index (χ0v) is 12.2. The van der Waals surface area contributed by atoms with Crippen molar-refractivity contribution in [2.45, 2.75) is 39.2 Å².